The van der Waals surface area contributed by atoms with Crippen LogP contribution in [0.25, 0.3) is 0 Å². The fraction of sp³-hybridized carbons (Fsp3) is 0.0714. The molecule has 0 aliphatic carbocycles. The van der Waals surface area contributed by atoms with E-state index in [1.54, 1.807) is 36.4 Å². The summed E-state index contributed by atoms with van der Waals surface area (Å²) in [6, 6.07) is 10.0. The summed E-state index contributed by atoms with van der Waals surface area (Å²) in [6.45, 7) is 1.86. The van der Waals surface area contributed by atoms with E-state index in [1.165, 1.54) is 0 Å². The van der Waals surface area contributed by atoms with Gasteiger partial charge in [-0.3, -0.25) is 4.79 Å². The van der Waals surface area contributed by atoms with Crippen molar-refractivity contribution >= 4 is 34.7 Å². The van der Waals surface area contributed by atoms with Crippen molar-refractivity contribution in [1.29, 1.82) is 0 Å². The van der Waals surface area contributed by atoms with Crippen LogP contribution < -0.4 is 5.73 Å². The van der Waals surface area contributed by atoms with E-state index in [0.29, 0.717) is 26.9 Å². The monoisotopic (exact) mass is 279 g/mol. The highest BCUT2D eigenvalue weighted by molar-refractivity contribution is 6.42. The largest absolute Gasteiger partial charge is 0.399 e. The van der Waals surface area contributed by atoms with Crippen LogP contribution in [0.1, 0.15) is 21.5 Å². The second-order valence-corrected chi connectivity index (χ2v) is 4.84. The maximum Gasteiger partial charge on any atom is 0.193 e. The third-order valence-corrected chi connectivity index (χ3v) is 3.45. The lowest BCUT2D eigenvalue weighted by atomic mass is 10.0. The van der Waals surface area contributed by atoms with Gasteiger partial charge in [0.15, 0.2) is 5.78 Å². The van der Waals surface area contributed by atoms with Gasteiger partial charge in [0.2, 0.25) is 0 Å². The number of carbonyl (C=O) groups is 1. The van der Waals surface area contributed by atoms with E-state index in [1.807, 2.05) is 6.92 Å². The number of ketones is 1. The average molecular weight is 280 g/mol. The molecule has 2 rings (SSSR count). The number of anilines is 1. The number of halogens is 2. The number of hydrogen-bond acceptors (Lipinski definition) is 2. The minimum atomic E-state index is -0.100. The van der Waals surface area contributed by atoms with Crippen molar-refractivity contribution in [3.8, 4) is 0 Å². The molecular weight excluding hydrogens is 269 g/mol. The zero-order chi connectivity index (χ0) is 13.3. The zero-order valence-electron chi connectivity index (χ0n) is 9.71. The third kappa shape index (κ3) is 2.50. The molecule has 18 heavy (non-hydrogen) atoms. The van der Waals surface area contributed by atoms with Crippen molar-refractivity contribution in [2.45, 2.75) is 6.92 Å². The predicted molar refractivity (Wildman–Crippen MR) is 75.5 cm³/mol. The normalized spacial score (nSPS) is 10.4. The molecule has 0 unspecified atom stereocenters. The molecule has 2 N–H and O–H groups in total. The lowest BCUT2D eigenvalue weighted by Gasteiger charge is -2.05. The topological polar surface area (TPSA) is 43.1 Å². The summed E-state index contributed by atoms with van der Waals surface area (Å²) < 4.78 is 0. The van der Waals surface area contributed by atoms with E-state index in [2.05, 4.69) is 0 Å². The van der Waals surface area contributed by atoms with Gasteiger partial charge in [0.1, 0.15) is 0 Å². The quantitative estimate of drug-likeness (QED) is 0.664. The second-order valence-electron chi connectivity index (χ2n) is 4.03. The van der Waals surface area contributed by atoms with Gasteiger partial charge in [0.05, 0.1) is 10.0 Å². The number of benzene rings is 2. The summed E-state index contributed by atoms with van der Waals surface area (Å²) >= 11 is 11.7. The van der Waals surface area contributed by atoms with Gasteiger partial charge in [-0.15, -0.1) is 0 Å². The van der Waals surface area contributed by atoms with E-state index in [0.717, 1.165) is 5.56 Å². The molecule has 0 aliphatic rings. The Balaban J connectivity index is 2.41. The van der Waals surface area contributed by atoms with Crippen LogP contribution in [0.2, 0.25) is 10.0 Å². The molecule has 0 aliphatic heterocycles. The Morgan fingerprint density at radius 2 is 1.61 bits per heavy atom. The Morgan fingerprint density at radius 1 is 1.00 bits per heavy atom. The highest BCUT2D eigenvalue weighted by Gasteiger charge is 2.11. The highest BCUT2D eigenvalue weighted by Crippen LogP contribution is 2.24. The summed E-state index contributed by atoms with van der Waals surface area (Å²) in [5.41, 5.74) is 8.36. The SMILES string of the molecule is Cc1cc(C(=O)c2ccc(Cl)c(Cl)c2)ccc1N. The first-order chi connectivity index (χ1) is 8.49. The van der Waals surface area contributed by atoms with Crippen molar-refractivity contribution in [2.75, 3.05) is 5.73 Å². The first-order valence-corrected chi connectivity index (χ1v) is 6.10. The molecule has 0 saturated heterocycles. The van der Waals surface area contributed by atoms with Gasteiger partial charge in [-0.25, -0.2) is 0 Å². The first-order valence-electron chi connectivity index (χ1n) is 5.35. The number of aryl methyl sites for hydroxylation is 1. The second kappa shape index (κ2) is 5.01. The Hall–Kier alpha value is -1.51. The van der Waals surface area contributed by atoms with Crippen LogP contribution in [0.5, 0.6) is 0 Å². The minimum Gasteiger partial charge on any atom is -0.399 e. The van der Waals surface area contributed by atoms with Crippen LogP contribution in [-0.2, 0) is 0 Å². The lowest BCUT2D eigenvalue weighted by molar-refractivity contribution is 0.103. The molecule has 4 heteroatoms. The molecule has 0 atom stereocenters. The first kappa shape index (κ1) is 12.9. The summed E-state index contributed by atoms with van der Waals surface area (Å²) in [6.07, 6.45) is 0. The molecule has 0 bridgehead atoms. The molecule has 0 saturated carbocycles. The van der Waals surface area contributed by atoms with Gasteiger partial charge >= 0.3 is 0 Å². The molecule has 0 amide bonds. The van der Waals surface area contributed by atoms with Crippen LogP contribution in [0.3, 0.4) is 0 Å². The van der Waals surface area contributed by atoms with Crippen molar-refractivity contribution in [3.63, 3.8) is 0 Å². The molecule has 2 nitrogen and oxygen atoms in total. The summed E-state index contributed by atoms with van der Waals surface area (Å²) in [5, 5.41) is 0.802. The lowest BCUT2D eigenvalue weighted by Crippen LogP contribution is -2.02. The van der Waals surface area contributed by atoms with E-state index in [-0.39, 0.29) is 5.78 Å². The van der Waals surface area contributed by atoms with E-state index in [4.69, 9.17) is 28.9 Å². The fourth-order valence-corrected chi connectivity index (χ4v) is 1.92. The Labute approximate surface area is 115 Å². The highest BCUT2D eigenvalue weighted by atomic mass is 35.5. The van der Waals surface area contributed by atoms with Crippen molar-refractivity contribution in [2.24, 2.45) is 0 Å². The standard InChI is InChI=1S/C14H11Cl2NO/c1-8-6-9(3-5-13(8)17)14(18)10-2-4-11(15)12(16)7-10/h2-7H,17H2,1H3. The Bertz CT molecular complexity index is 570. The van der Waals surface area contributed by atoms with Crippen LogP contribution in [0, 0.1) is 6.92 Å². The number of carbonyl (C=O) groups excluding carboxylic acids is 1. The minimum absolute atomic E-state index is 0.100. The molecule has 0 fully saturated rings. The molecular formula is C14H11Cl2NO. The van der Waals surface area contributed by atoms with Crippen molar-refractivity contribution in [1.82, 2.24) is 0 Å². The summed E-state index contributed by atoms with van der Waals surface area (Å²) in [4.78, 5) is 12.2. The molecule has 0 spiro atoms. The number of nitrogen functional groups attached to an aromatic ring is 1. The number of hydrogen-bond donors (Lipinski definition) is 1. The third-order valence-electron chi connectivity index (χ3n) is 2.71. The van der Waals surface area contributed by atoms with Crippen LogP contribution >= 0.6 is 23.2 Å². The van der Waals surface area contributed by atoms with E-state index in [9.17, 15) is 4.79 Å². The predicted octanol–water partition coefficient (Wildman–Crippen LogP) is 4.12. The molecule has 0 heterocycles. The number of rotatable bonds is 2. The Kier molecular flexibility index (Phi) is 3.60. The summed E-state index contributed by atoms with van der Waals surface area (Å²) in [7, 11) is 0. The smallest absolute Gasteiger partial charge is 0.193 e. The van der Waals surface area contributed by atoms with Crippen molar-refractivity contribution < 1.29 is 4.79 Å². The molecule has 92 valence electrons. The maximum atomic E-state index is 12.2. The van der Waals surface area contributed by atoms with E-state index >= 15 is 0 Å². The molecule has 0 aromatic heterocycles. The Morgan fingerprint density at radius 3 is 2.22 bits per heavy atom. The molecule has 2 aromatic rings. The number of nitrogens with two attached hydrogens (primary N) is 1. The van der Waals surface area contributed by atoms with Crippen LogP contribution in [0.4, 0.5) is 5.69 Å². The molecule has 2 aromatic carbocycles. The van der Waals surface area contributed by atoms with Gasteiger partial charge in [-0.1, -0.05) is 23.2 Å². The van der Waals surface area contributed by atoms with Gasteiger partial charge in [0.25, 0.3) is 0 Å². The van der Waals surface area contributed by atoms with Gasteiger partial charge in [0, 0.05) is 16.8 Å². The summed E-state index contributed by atoms with van der Waals surface area (Å²) in [5.74, 6) is -0.100. The van der Waals surface area contributed by atoms with Gasteiger partial charge in [-0.2, -0.15) is 0 Å². The van der Waals surface area contributed by atoms with E-state index < -0.39 is 0 Å². The van der Waals surface area contributed by atoms with Gasteiger partial charge in [-0.05, 0) is 48.9 Å². The van der Waals surface area contributed by atoms with Crippen molar-refractivity contribution in [3.05, 3.63) is 63.1 Å². The van der Waals surface area contributed by atoms with Gasteiger partial charge < -0.3 is 5.73 Å². The zero-order valence-corrected chi connectivity index (χ0v) is 11.2. The van der Waals surface area contributed by atoms with Crippen LogP contribution in [0.15, 0.2) is 36.4 Å². The fourth-order valence-electron chi connectivity index (χ4n) is 1.62. The molecule has 0 radical (unpaired) electrons. The average Bonchev–Trinajstić information content (AvgIpc) is 2.35. The maximum absolute atomic E-state index is 12.2. The van der Waals surface area contributed by atoms with Crippen LogP contribution in [-0.4, -0.2) is 5.78 Å².